The van der Waals surface area contributed by atoms with Crippen LogP contribution in [-0.2, 0) is 4.74 Å². The first kappa shape index (κ1) is 13.9. The minimum atomic E-state index is 0.0610. The van der Waals surface area contributed by atoms with Crippen LogP contribution in [0.2, 0.25) is 0 Å². The van der Waals surface area contributed by atoms with Crippen LogP contribution in [0.3, 0.4) is 0 Å². The van der Waals surface area contributed by atoms with E-state index in [9.17, 15) is 0 Å². The molecule has 0 bridgehead atoms. The highest BCUT2D eigenvalue weighted by Gasteiger charge is 2.14. The Kier molecular flexibility index (Phi) is 7.20. The van der Waals surface area contributed by atoms with Crippen molar-refractivity contribution in [1.82, 2.24) is 5.32 Å². The highest BCUT2D eigenvalue weighted by Crippen LogP contribution is 2.16. The second-order valence-electron chi connectivity index (χ2n) is 4.88. The molecule has 0 aromatic heterocycles. The molecule has 0 unspecified atom stereocenters. The minimum absolute atomic E-state index is 0.0610. The van der Waals surface area contributed by atoms with E-state index in [0.29, 0.717) is 6.04 Å². The summed E-state index contributed by atoms with van der Waals surface area (Å²) in [6.45, 7) is 9.83. The van der Waals surface area contributed by atoms with E-state index in [1.54, 1.807) is 7.11 Å². The van der Waals surface area contributed by atoms with E-state index in [2.05, 4.69) is 33.0 Å². The molecule has 0 heterocycles. The molecule has 14 heavy (non-hydrogen) atoms. The van der Waals surface area contributed by atoms with E-state index in [-0.39, 0.29) is 5.60 Å². The van der Waals surface area contributed by atoms with Gasteiger partial charge < -0.3 is 10.1 Å². The van der Waals surface area contributed by atoms with Gasteiger partial charge in [0, 0.05) is 13.2 Å². The predicted octanol–water partition coefficient (Wildman–Crippen LogP) is 2.97. The van der Waals surface area contributed by atoms with Gasteiger partial charge in [-0.25, -0.2) is 0 Å². The van der Waals surface area contributed by atoms with Gasteiger partial charge in [-0.1, -0.05) is 26.7 Å². The van der Waals surface area contributed by atoms with Crippen molar-refractivity contribution in [3.8, 4) is 0 Å². The van der Waals surface area contributed by atoms with Crippen LogP contribution in [0.1, 0.15) is 53.4 Å². The highest BCUT2D eigenvalue weighted by atomic mass is 16.5. The maximum absolute atomic E-state index is 5.37. The van der Waals surface area contributed by atoms with Crippen molar-refractivity contribution in [1.29, 1.82) is 0 Å². The monoisotopic (exact) mass is 201 g/mol. The van der Waals surface area contributed by atoms with Crippen LogP contribution in [-0.4, -0.2) is 25.3 Å². The van der Waals surface area contributed by atoms with Crippen molar-refractivity contribution in [2.75, 3.05) is 13.7 Å². The third-order valence-corrected chi connectivity index (χ3v) is 2.56. The number of hydrogen-bond donors (Lipinski definition) is 1. The predicted molar refractivity (Wildman–Crippen MR) is 62.7 cm³/mol. The van der Waals surface area contributed by atoms with Crippen LogP contribution in [0.4, 0.5) is 0 Å². The lowest BCUT2D eigenvalue weighted by Crippen LogP contribution is -2.24. The van der Waals surface area contributed by atoms with Crippen molar-refractivity contribution in [2.45, 2.75) is 65.0 Å². The molecule has 0 amide bonds. The van der Waals surface area contributed by atoms with Gasteiger partial charge in [0.15, 0.2) is 0 Å². The molecule has 0 aliphatic heterocycles. The molecule has 0 saturated heterocycles. The van der Waals surface area contributed by atoms with Gasteiger partial charge in [0.05, 0.1) is 5.60 Å². The lowest BCUT2D eigenvalue weighted by atomic mass is 10.0. The maximum atomic E-state index is 5.37. The van der Waals surface area contributed by atoms with Gasteiger partial charge >= 0.3 is 0 Å². The molecule has 0 radical (unpaired) electrons. The van der Waals surface area contributed by atoms with Gasteiger partial charge in [0.1, 0.15) is 0 Å². The summed E-state index contributed by atoms with van der Waals surface area (Å²) in [6, 6.07) is 0.616. The molecule has 0 atom stereocenters. The standard InChI is InChI=1S/C12H27NO/c1-11(2)13-10-8-6-7-9-12(3,4)14-5/h11,13H,6-10H2,1-5H3. The summed E-state index contributed by atoms with van der Waals surface area (Å²) < 4.78 is 5.37. The number of hydrogen-bond acceptors (Lipinski definition) is 2. The first-order valence-electron chi connectivity index (χ1n) is 5.76. The molecule has 0 saturated carbocycles. The SMILES string of the molecule is COC(C)(C)CCCCCNC(C)C. The summed E-state index contributed by atoms with van der Waals surface area (Å²) in [4.78, 5) is 0. The highest BCUT2D eigenvalue weighted by molar-refractivity contribution is 4.67. The third kappa shape index (κ3) is 8.52. The van der Waals surface area contributed by atoms with Crippen LogP contribution in [0, 0.1) is 0 Å². The maximum Gasteiger partial charge on any atom is 0.0622 e. The van der Waals surface area contributed by atoms with Crippen molar-refractivity contribution in [2.24, 2.45) is 0 Å². The van der Waals surface area contributed by atoms with Crippen molar-refractivity contribution < 1.29 is 4.74 Å². The summed E-state index contributed by atoms with van der Waals surface area (Å²) in [5, 5.41) is 3.43. The summed E-state index contributed by atoms with van der Waals surface area (Å²) in [5.41, 5.74) is 0.0610. The zero-order valence-electron chi connectivity index (χ0n) is 10.5. The quantitative estimate of drug-likeness (QED) is 0.610. The van der Waals surface area contributed by atoms with E-state index in [1.165, 1.54) is 19.3 Å². The second-order valence-corrected chi connectivity index (χ2v) is 4.88. The van der Waals surface area contributed by atoms with E-state index in [4.69, 9.17) is 4.74 Å². The normalized spacial score (nSPS) is 12.4. The van der Waals surface area contributed by atoms with Gasteiger partial charge in [-0.15, -0.1) is 0 Å². The van der Waals surface area contributed by atoms with Crippen molar-refractivity contribution >= 4 is 0 Å². The minimum Gasteiger partial charge on any atom is -0.379 e. The Morgan fingerprint density at radius 1 is 1.14 bits per heavy atom. The molecule has 2 heteroatoms. The first-order valence-corrected chi connectivity index (χ1v) is 5.76. The Morgan fingerprint density at radius 3 is 2.29 bits per heavy atom. The van der Waals surface area contributed by atoms with Crippen LogP contribution in [0.15, 0.2) is 0 Å². The number of methoxy groups -OCH3 is 1. The molecular weight excluding hydrogens is 174 g/mol. The molecule has 0 aliphatic carbocycles. The van der Waals surface area contributed by atoms with Crippen molar-refractivity contribution in [3.05, 3.63) is 0 Å². The van der Waals surface area contributed by atoms with Crippen LogP contribution in [0.5, 0.6) is 0 Å². The van der Waals surface area contributed by atoms with E-state index in [0.717, 1.165) is 13.0 Å². The summed E-state index contributed by atoms with van der Waals surface area (Å²) in [5.74, 6) is 0. The van der Waals surface area contributed by atoms with Crippen LogP contribution in [0.25, 0.3) is 0 Å². The lowest BCUT2D eigenvalue weighted by Gasteiger charge is -2.22. The van der Waals surface area contributed by atoms with Gasteiger partial charge in [-0.3, -0.25) is 0 Å². The summed E-state index contributed by atoms with van der Waals surface area (Å²) >= 11 is 0. The largest absolute Gasteiger partial charge is 0.379 e. The Hall–Kier alpha value is -0.0800. The van der Waals surface area contributed by atoms with E-state index in [1.807, 2.05) is 0 Å². The molecule has 86 valence electrons. The average Bonchev–Trinajstić information content (AvgIpc) is 2.10. The number of unbranched alkanes of at least 4 members (excludes halogenated alkanes) is 2. The molecule has 1 N–H and O–H groups in total. The van der Waals surface area contributed by atoms with E-state index < -0.39 is 0 Å². The zero-order valence-corrected chi connectivity index (χ0v) is 10.5. The van der Waals surface area contributed by atoms with E-state index >= 15 is 0 Å². The zero-order chi connectivity index (χ0) is 11.0. The Balaban J connectivity index is 3.21. The second kappa shape index (κ2) is 7.24. The van der Waals surface area contributed by atoms with Crippen molar-refractivity contribution in [3.63, 3.8) is 0 Å². The molecule has 0 rings (SSSR count). The van der Waals surface area contributed by atoms with Crippen LogP contribution < -0.4 is 5.32 Å². The Bertz CT molecular complexity index is 132. The molecule has 2 nitrogen and oxygen atoms in total. The molecule has 0 aliphatic rings. The molecule has 0 spiro atoms. The molecule has 0 aromatic rings. The third-order valence-electron chi connectivity index (χ3n) is 2.56. The fourth-order valence-corrected chi connectivity index (χ4v) is 1.35. The smallest absolute Gasteiger partial charge is 0.0622 e. The number of nitrogens with one attached hydrogen (secondary N) is 1. The summed E-state index contributed by atoms with van der Waals surface area (Å²) in [6.07, 6.45) is 5.00. The van der Waals surface area contributed by atoms with Gasteiger partial charge in [0.25, 0.3) is 0 Å². The average molecular weight is 201 g/mol. The van der Waals surface area contributed by atoms with Gasteiger partial charge in [-0.05, 0) is 33.2 Å². The summed E-state index contributed by atoms with van der Waals surface area (Å²) in [7, 11) is 1.79. The van der Waals surface area contributed by atoms with Gasteiger partial charge in [-0.2, -0.15) is 0 Å². The molecular formula is C12H27NO. The number of ether oxygens (including phenoxy) is 1. The molecule has 0 fully saturated rings. The Morgan fingerprint density at radius 2 is 1.79 bits per heavy atom. The topological polar surface area (TPSA) is 21.3 Å². The van der Waals surface area contributed by atoms with Crippen LogP contribution >= 0.6 is 0 Å². The fraction of sp³-hybridized carbons (Fsp3) is 1.00. The Labute approximate surface area is 89.4 Å². The fourth-order valence-electron chi connectivity index (χ4n) is 1.35. The van der Waals surface area contributed by atoms with Gasteiger partial charge in [0.2, 0.25) is 0 Å². The number of rotatable bonds is 8. The molecule has 0 aromatic carbocycles. The lowest BCUT2D eigenvalue weighted by molar-refractivity contribution is 0.0134. The first-order chi connectivity index (χ1) is 6.48.